The lowest BCUT2D eigenvalue weighted by molar-refractivity contribution is -0.0286. The Morgan fingerprint density at radius 2 is 1.04 bits per heavy atom. The molecule has 5 aromatic carbocycles. The number of phenols is 13. The van der Waals surface area contributed by atoms with Crippen molar-refractivity contribution in [2.75, 3.05) is 0 Å². The molecule has 7 rings (SSSR count). The Morgan fingerprint density at radius 1 is 0.545 bits per heavy atom. The summed E-state index contributed by atoms with van der Waals surface area (Å²) in [5.41, 5.74) is -1.64. The molecule has 55 heavy (non-hydrogen) atoms. The molecule has 18 heteroatoms. The molecule has 0 amide bonds. The van der Waals surface area contributed by atoms with Gasteiger partial charge in [-0.2, -0.15) is 0 Å². The van der Waals surface area contributed by atoms with E-state index in [2.05, 4.69) is 0 Å². The highest BCUT2D eigenvalue weighted by Crippen LogP contribution is 2.58. The van der Waals surface area contributed by atoms with Crippen molar-refractivity contribution in [2.24, 2.45) is 0 Å². The summed E-state index contributed by atoms with van der Waals surface area (Å²) in [6, 6.07) is 8.03. The van der Waals surface area contributed by atoms with Gasteiger partial charge in [-0.25, -0.2) is 4.79 Å². The number of esters is 1. The van der Waals surface area contributed by atoms with E-state index in [4.69, 9.17) is 14.2 Å². The highest BCUT2D eigenvalue weighted by molar-refractivity contribution is 5.91. The lowest BCUT2D eigenvalue weighted by atomic mass is 9.77. The zero-order valence-corrected chi connectivity index (χ0v) is 27.7. The molecule has 0 fully saturated rings. The van der Waals surface area contributed by atoms with Gasteiger partial charge in [0.25, 0.3) is 0 Å². The first-order valence-corrected chi connectivity index (χ1v) is 16.1. The van der Waals surface area contributed by atoms with Crippen LogP contribution in [0.1, 0.15) is 56.3 Å². The highest BCUT2D eigenvalue weighted by Gasteiger charge is 2.49. The quantitative estimate of drug-likeness (QED) is 0.0901. The number of carbonyl (C=O) groups is 1. The van der Waals surface area contributed by atoms with Gasteiger partial charge >= 0.3 is 5.97 Å². The van der Waals surface area contributed by atoms with E-state index in [1.165, 1.54) is 0 Å². The van der Waals surface area contributed by atoms with Crippen LogP contribution in [0.25, 0.3) is 0 Å². The summed E-state index contributed by atoms with van der Waals surface area (Å²) in [6.45, 7) is 0. The Hall–Kier alpha value is -7.47. The molecule has 0 aliphatic carbocycles. The van der Waals surface area contributed by atoms with Crippen LogP contribution in [0.4, 0.5) is 0 Å². The normalized spacial score (nSPS) is 20.1. The Morgan fingerprint density at radius 3 is 1.58 bits per heavy atom. The average Bonchev–Trinajstić information content (AvgIpc) is 3.11. The van der Waals surface area contributed by atoms with E-state index < -0.39 is 123 Å². The summed E-state index contributed by atoms with van der Waals surface area (Å²) in [5, 5.41) is 147. The molecule has 0 aromatic heterocycles. The average molecular weight is 763 g/mol. The first-order valence-electron chi connectivity index (χ1n) is 16.1. The van der Waals surface area contributed by atoms with Gasteiger partial charge in [-0.1, -0.05) is 0 Å². The van der Waals surface area contributed by atoms with Crippen molar-refractivity contribution in [1.29, 1.82) is 0 Å². The number of hydrogen-bond donors (Lipinski definition) is 14. The van der Waals surface area contributed by atoms with Crippen molar-refractivity contribution in [3.63, 3.8) is 0 Å². The van der Waals surface area contributed by atoms with Crippen molar-refractivity contribution in [3.05, 3.63) is 88.0 Å². The van der Waals surface area contributed by atoms with E-state index in [1.54, 1.807) is 0 Å². The SMILES string of the molecule is O=C(O[C@@H]1[C@@H](c2c(O)cc(O)c3c2O[C@H](c2cc(O)c(O)c(O)c2)[C@H](O)C3)c2c(O)cc(O)cc2O[C@@H]1c1cc(O)c(O)c(O)c1)c1cc(O)c(O)c(O)c1. The first-order chi connectivity index (χ1) is 25.9. The second-order valence-corrected chi connectivity index (χ2v) is 12.9. The number of phenolic OH excluding ortho intramolecular Hbond substituents is 13. The number of aromatic hydroxyl groups is 13. The Bertz CT molecular complexity index is 2340. The summed E-state index contributed by atoms with van der Waals surface area (Å²) in [7, 11) is 0. The van der Waals surface area contributed by atoms with Gasteiger partial charge in [-0.15, -0.1) is 0 Å². The van der Waals surface area contributed by atoms with Crippen LogP contribution in [0.5, 0.6) is 86.2 Å². The van der Waals surface area contributed by atoms with Gasteiger partial charge in [0, 0.05) is 52.4 Å². The number of carbonyl (C=O) groups excluding carboxylic acids is 1. The summed E-state index contributed by atoms with van der Waals surface area (Å²) < 4.78 is 18.2. The second kappa shape index (κ2) is 12.9. The third-order valence-electron chi connectivity index (χ3n) is 9.38. The smallest absolute Gasteiger partial charge is 0.338 e. The van der Waals surface area contributed by atoms with Gasteiger partial charge in [0.05, 0.1) is 17.6 Å². The van der Waals surface area contributed by atoms with Crippen molar-refractivity contribution in [2.45, 2.75) is 36.8 Å². The monoisotopic (exact) mass is 762 g/mol. The lowest BCUT2D eigenvalue weighted by Gasteiger charge is -2.41. The largest absolute Gasteiger partial charge is 0.508 e. The summed E-state index contributed by atoms with van der Waals surface area (Å²) in [4.78, 5) is 13.9. The fraction of sp³-hybridized carbons (Fsp3) is 0.162. The molecule has 0 radical (unpaired) electrons. The number of fused-ring (bicyclic) bond motifs is 2. The molecule has 0 saturated heterocycles. The number of aliphatic hydroxyl groups excluding tert-OH is 1. The molecule has 5 atom stereocenters. The maximum atomic E-state index is 13.9. The van der Waals surface area contributed by atoms with Gasteiger partial charge in [0.1, 0.15) is 34.5 Å². The van der Waals surface area contributed by atoms with E-state index in [1.807, 2.05) is 0 Å². The van der Waals surface area contributed by atoms with Crippen molar-refractivity contribution in [3.8, 4) is 86.2 Å². The van der Waals surface area contributed by atoms with Crippen LogP contribution in [0.3, 0.4) is 0 Å². The van der Waals surface area contributed by atoms with E-state index in [0.717, 1.165) is 54.6 Å². The maximum Gasteiger partial charge on any atom is 0.338 e. The van der Waals surface area contributed by atoms with E-state index in [0.29, 0.717) is 0 Å². The van der Waals surface area contributed by atoms with Crippen LogP contribution < -0.4 is 9.47 Å². The zero-order chi connectivity index (χ0) is 39.8. The molecule has 18 nitrogen and oxygen atoms in total. The molecule has 286 valence electrons. The molecule has 0 saturated carbocycles. The van der Waals surface area contributed by atoms with Crippen LogP contribution in [0.15, 0.2) is 54.6 Å². The van der Waals surface area contributed by atoms with Crippen LogP contribution >= 0.6 is 0 Å². The van der Waals surface area contributed by atoms with E-state index in [-0.39, 0.29) is 39.3 Å². The molecule has 2 heterocycles. The summed E-state index contributed by atoms with van der Waals surface area (Å²) in [5.74, 6) is -14.3. The van der Waals surface area contributed by atoms with E-state index in [9.17, 15) is 76.3 Å². The van der Waals surface area contributed by atoms with Gasteiger partial charge in [0.2, 0.25) is 0 Å². The predicted octanol–water partition coefficient (Wildman–Crippen LogP) is 3.39. The fourth-order valence-electron chi connectivity index (χ4n) is 6.87. The Labute approximate surface area is 307 Å². The molecular formula is C37H30O18. The van der Waals surface area contributed by atoms with Crippen LogP contribution in [0, 0.1) is 0 Å². The summed E-state index contributed by atoms with van der Waals surface area (Å²) >= 11 is 0. The minimum absolute atomic E-state index is 0.0947. The Balaban J connectivity index is 1.49. The second-order valence-electron chi connectivity index (χ2n) is 12.9. The number of ether oxygens (including phenoxy) is 3. The molecule has 2 aliphatic heterocycles. The molecular weight excluding hydrogens is 732 g/mol. The number of hydrogen-bond acceptors (Lipinski definition) is 18. The molecule has 14 N–H and O–H groups in total. The van der Waals surface area contributed by atoms with Crippen LogP contribution in [-0.2, 0) is 11.2 Å². The predicted molar refractivity (Wildman–Crippen MR) is 181 cm³/mol. The zero-order valence-electron chi connectivity index (χ0n) is 27.7. The standard InChI is InChI=1S/C37H30O18/c38-14-7-17(40)27-26(8-14)53-34(12-3-21(44)31(50)22(45)4-12)36(55-37(52)13-5-23(46)32(51)24(47)6-13)29(27)28-18(41)10-16(39)15-9-25(48)33(54-35(15)28)11-1-19(42)30(49)20(43)2-11/h1-8,10,25,29,33-34,36,38-51H,9H2/t25-,29-,33-,34-,36-/m1/s1. The molecule has 5 aromatic rings. The molecule has 0 spiro atoms. The molecule has 0 bridgehead atoms. The molecule has 0 unspecified atom stereocenters. The minimum Gasteiger partial charge on any atom is -0.508 e. The van der Waals surface area contributed by atoms with Crippen LogP contribution in [0.2, 0.25) is 0 Å². The highest BCUT2D eigenvalue weighted by atomic mass is 16.6. The van der Waals surface area contributed by atoms with Crippen LogP contribution in [-0.4, -0.2) is 89.7 Å². The van der Waals surface area contributed by atoms with Gasteiger partial charge < -0.3 is 85.7 Å². The first kappa shape index (κ1) is 35.9. The van der Waals surface area contributed by atoms with Gasteiger partial charge in [-0.3, -0.25) is 0 Å². The van der Waals surface area contributed by atoms with E-state index >= 15 is 0 Å². The number of rotatable bonds is 5. The number of benzene rings is 5. The summed E-state index contributed by atoms with van der Waals surface area (Å²) in [6.07, 6.45) is -7.01. The van der Waals surface area contributed by atoms with Crippen molar-refractivity contribution in [1.82, 2.24) is 0 Å². The Kier molecular flexibility index (Phi) is 8.41. The number of aliphatic hydroxyl groups is 1. The lowest BCUT2D eigenvalue weighted by Crippen LogP contribution is -2.39. The topological polar surface area (TPSA) is 328 Å². The van der Waals surface area contributed by atoms with Gasteiger partial charge in [0.15, 0.2) is 70.1 Å². The van der Waals surface area contributed by atoms with Crippen molar-refractivity contribution < 1.29 is 90.5 Å². The third kappa shape index (κ3) is 5.95. The maximum absolute atomic E-state index is 13.9. The third-order valence-corrected chi connectivity index (χ3v) is 9.38. The van der Waals surface area contributed by atoms with Crippen molar-refractivity contribution >= 4 is 5.97 Å². The minimum atomic E-state index is -1.88. The van der Waals surface area contributed by atoms with Gasteiger partial charge in [-0.05, 0) is 36.4 Å². The fourth-order valence-corrected chi connectivity index (χ4v) is 6.87. The molecule has 2 aliphatic rings.